The fraction of sp³-hybridized carbons (Fsp3) is 0.417. The van der Waals surface area contributed by atoms with Crippen LogP contribution in [-0.2, 0) is 4.74 Å². The van der Waals surface area contributed by atoms with Gasteiger partial charge in [-0.3, -0.25) is 4.40 Å². The van der Waals surface area contributed by atoms with E-state index in [-0.39, 0.29) is 0 Å². The van der Waals surface area contributed by atoms with E-state index in [1.807, 2.05) is 23.6 Å². The lowest BCUT2D eigenvalue weighted by molar-refractivity contribution is 0.149. The van der Waals surface area contributed by atoms with Gasteiger partial charge in [-0.15, -0.1) is 16.8 Å². The first-order valence-electron chi connectivity index (χ1n) is 5.92. The second kappa shape index (κ2) is 6.11. The van der Waals surface area contributed by atoms with Crippen LogP contribution in [0.2, 0.25) is 0 Å². The smallest absolute Gasteiger partial charge is 0.203 e. The highest BCUT2D eigenvalue weighted by Crippen LogP contribution is 2.11. The van der Waals surface area contributed by atoms with Gasteiger partial charge in [0, 0.05) is 18.9 Å². The standard InChI is InChI=1S/C12H17N5O/c1-3-4-8-18-9-6-14-11-12-16-15-10(2)17(12)7-5-13-11/h3,5,7H,1,4,6,8-9H2,2H3,(H,13,14). The monoisotopic (exact) mass is 247 g/mol. The molecule has 1 N–H and O–H groups in total. The van der Waals surface area contributed by atoms with Crippen LogP contribution in [-0.4, -0.2) is 39.3 Å². The molecule has 0 fully saturated rings. The molecule has 0 atom stereocenters. The van der Waals surface area contributed by atoms with Gasteiger partial charge in [-0.1, -0.05) is 6.08 Å². The summed E-state index contributed by atoms with van der Waals surface area (Å²) in [6, 6.07) is 0. The summed E-state index contributed by atoms with van der Waals surface area (Å²) in [4.78, 5) is 4.25. The van der Waals surface area contributed by atoms with Crippen LogP contribution in [0.15, 0.2) is 25.0 Å². The van der Waals surface area contributed by atoms with E-state index in [1.165, 1.54) is 0 Å². The number of hydrogen-bond donors (Lipinski definition) is 1. The van der Waals surface area contributed by atoms with E-state index in [2.05, 4.69) is 27.1 Å². The topological polar surface area (TPSA) is 64.3 Å². The van der Waals surface area contributed by atoms with E-state index >= 15 is 0 Å². The molecule has 0 aliphatic heterocycles. The highest BCUT2D eigenvalue weighted by molar-refractivity contribution is 5.61. The fourth-order valence-corrected chi connectivity index (χ4v) is 1.58. The van der Waals surface area contributed by atoms with Crippen molar-refractivity contribution in [3.8, 4) is 0 Å². The van der Waals surface area contributed by atoms with Crippen molar-refractivity contribution in [3.63, 3.8) is 0 Å². The Labute approximate surface area is 106 Å². The molecule has 0 aliphatic rings. The van der Waals surface area contributed by atoms with Gasteiger partial charge in [0.15, 0.2) is 5.82 Å². The lowest BCUT2D eigenvalue weighted by atomic mass is 10.4. The van der Waals surface area contributed by atoms with Gasteiger partial charge in [0.1, 0.15) is 5.82 Å². The first kappa shape index (κ1) is 12.5. The number of nitrogens with zero attached hydrogens (tertiary/aromatic N) is 4. The zero-order chi connectivity index (χ0) is 12.8. The molecule has 0 aliphatic carbocycles. The van der Waals surface area contributed by atoms with Gasteiger partial charge in [-0.25, -0.2) is 4.98 Å². The van der Waals surface area contributed by atoms with E-state index < -0.39 is 0 Å². The lowest BCUT2D eigenvalue weighted by Gasteiger charge is -2.06. The minimum atomic E-state index is 0.629. The highest BCUT2D eigenvalue weighted by atomic mass is 16.5. The quantitative estimate of drug-likeness (QED) is 0.592. The molecule has 0 saturated carbocycles. The van der Waals surface area contributed by atoms with Gasteiger partial charge in [0.25, 0.3) is 0 Å². The second-order valence-electron chi connectivity index (χ2n) is 3.83. The summed E-state index contributed by atoms with van der Waals surface area (Å²) in [6.07, 6.45) is 6.28. The molecule has 0 aromatic carbocycles. The van der Waals surface area contributed by atoms with Gasteiger partial charge < -0.3 is 10.1 Å². The Morgan fingerprint density at radius 1 is 1.44 bits per heavy atom. The minimum absolute atomic E-state index is 0.629. The molecule has 2 aromatic rings. The summed E-state index contributed by atoms with van der Waals surface area (Å²) in [6.45, 7) is 7.56. The molecule has 0 bridgehead atoms. The second-order valence-corrected chi connectivity index (χ2v) is 3.83. The van der Waals surface area contributed by atoms with Crippen molar-refractivity contribution in [2.45, 2.75) is 13.3 Å². The summed E-state index contributed by atoms with van der Waals surface area (Å²) in [5.74, 6) is 1.57. The van der Waals surface area contributed by atoms with Crippen LogP contribution in [0.5, 0.6) is 0 Å². The molecule has 6 nitrogen and oxygen atoms in total. The molecular formula is C12H17N5O. The van der Waals surface area contributed by atoms with E-state index in [0.29, 0.717) is 19.8 Å². The number of hydrogen-bond acceptors (Lipinski definition) is 5. The Balaban J connectivity index is 1.89. The predicted octanol–water partition coefficient (Wildman–Crippen LogP) is 1.44. The number of aryl methyl sites for hydroxylation is 1. The molecule has 18 heavy (non-hydrogen) atoms. The van der Waals surface area contributed by atoms with Crippen LogP contribution in [0.1, 0.15) is 12.2 Å². The zero-order valence-electron chi connectivity index (χ0n) is 10.5. The van der Waals surface area contributed by atoms with Crippen molar-refractivity contribution >= 4 is 11.5 Å². The molecule has 96 valence electrons. The maximum Gasteiger partial charge on any atom is 0.203 e. The number of aromatic nitrogens is 4. The van der Waals surface area contributed by atoms with Crippen LogP contribution >= 0.6 is 0 Å². The maximum atomic E-state index is 5.41. The highest BCUT2D eigenvalue weighted by Gasteiger charge is 2.06. The average Bonchev–Trinajstić information content (AvgIpc) is 2.77. The van der Waals surface area contributed by atoms with Crippen molar-refractivity contribution in [1.82, 2.24) is 19.6 Å². The van der Waals surface area contributed by atoms with Gasteiger partial charge in [0.05, 0.1) is 13.2 Å². The molecule has 0 amide bonds. The van der Waals surface area contributed by atoms with Gasteiger partial charge in [-0.2, -0.15) is 0 Å². The molecular weight excluding hydrogens is 230 g/mol. The zero-order valence-corrected chi connectivity index (χ0v) is 10.5. The van der Waals surface area contributed by atoms with Crippen molar-refractivity contribution in [2.75, 3.05) is 25.1 Å². The number of anilines is 1. The van der Waals surface area contributed by atoms with E-state index in [4.69, 9.17) is 4.74 Å². The van der Waals surface area contributed by atoms with Crippen LogP contribution in [0.3, 0.4) is 0 Å². The molecule has 6 heteroatoms. The molecule has 2 rings (SSSR count). The maximum absolute atomic E-state index is 5.41. The molecule has 0 spiro atoms. The summed E-state index contributed by atoms with van der Waals surface area (Å²) in [5.41, 5.74) is 0.737. The van der Waals surface area contributed by atoms with Gasteiger partial charge >= 0.3 is 0 Å². The molecule has 2 heterocycles. The minimum Gasteiger partial charge on any atom is -0.379 e. The Hall–Kier alpha value is -1.95. The van der Waals surface area contributed by atoms with Crippen LogP contribution in [0.25, 0.3) is 5.65 Å². The van der Waals surface area contributed by atoms with Crippen LogP contribution in [0, 0.1) is 6.92 Å². The average molecular weight is 247 g/mol. The van der Waals surface area contributed by atoms with E-state index in [9.17, 15) is 0 Å². The third kappa shape index (κ3) is 2.84. The SMILES string of the molecule is C=CCCOCCNc1nccn2c(C)nnc12. The third-order valence-corrected chi connectivity index (χ3v) is 2.50. The summed E-state index contributed by atoms with van der Waals surface area (Å²) in [5, 5.41) is 11.3. The van der Waals surface area contributed by atoms with Crippen molar-refractivity contribution in [2.24, 2.45) is 0 Å². The van der Waals surface area contributed by atoms with Crippen LogP contribution in [0.4, 0.5) is 5.82 Å². The predicted molar refractivity (Wildman–Crippen MR) is 69.6 cm³/mol. The third-order valence-electron chi connectivity index (χ3n) is 2.50. The summed E-state index contributed by atoms with van der Waals surface area (Å²) < 4.78 is 7.31. The number of nitrogens with one attached hydrogen (secondary N) is 1. The fourth-order valence-electron chi connectivity index (χ4n) is 1.58. The Morgan fingerprint density at radius 2 is 2.33 bits per heavy atom. The Morgan fingerprint density at radius 3 is 3.17 bits per heavy atom. The number of ether oxygens (including phenoxy) is 1. The lowest BCUT2D eigenvalue weighted by Crippen LogP contribution is -2.11. The first-order chi connectivity index (χ1) is 8.83. The molecule has 2 aromatic heterocycles. The first-order valence-corrected chi connectivity index (χ1v) is 5.92. The van der Waals surface area contributed by atoms with Crippen molar-refractivity contribution < 1.29 is 4.74 Å². The molecule has 0 radical (unpaired) electrons. The normalized spacial score (nSPS) is 10.7. The van der Waals surface area contributed by atoms with Gasteiger partial charge in [0.2, 0.25) is 5.65 Å². The Bertz CT molecular complexity index is 522. The summed E-state index contributed by atoms with van der Waals surface area (Å²) >= 11 is 0. The molecule has 0 saturated heterocycles. The largest absolute Gasteiger partial charge is 0.379 e. The van der Waals surface area contributed by atoms with Crippen LogP contribution < -0.4 is 5.32 Å². The summed E-state index contributed by atoms with van der Waals surface area (Å²) in [7, 11) is 0. The van der Waals surface area contributed by atoms with Gasteiger partial charge in [-0.05, 0) is 13.3 Å². The number of rotatable bonds is 7. The van der Waals surface area contributed by atoms with Crippen molar-refractivity contribution in [3.05, 3.63) is 30.9 Å². The Kier molecular flexibility index (Phi) is 4.25. The van der Waals surface area contributed by atoms with E-state index in [1.54, 1.807) is 6.20 Å². The van der Waals surface area contributed by atoms with Crippen molar-refractivity contribution in [1.29, 1.82) is 0 Å². The number of fused-ring (bicyclic) bond motifs is 1. The van der Waals surface area contributed by atoms with E-state index in [0.717, 1.165) is 23.7 Å². The molecule has 0 unspecified atom stereocenters.